The number of rotatable bonds is 7. The Bertz CT molecular complexity index is 1080. The van der Waals surface area contributed by atoms with Crippen molar-refractivity contribution in [3.05, 3.63) is 94.0 Å². The Labute approximate surface area is 187 Å². The van der Waals surface area contributed by atoms with Crippen molar-refractivity contribution in [3.63, 3.8) is 0 Å². The molecule has 0 bridgehead atoms. The number of halogens is 1. The highest BCUT2D eigenvalue weighted by Gasteiger charge is 2.28. The molecule has 0 saturated carbocycles. The molecule has 0 fully saturated rings. The fraction of sp³-hybridized carbons (Fsp3) is 0.269. The summed E-state index contributed by atoms with van der Waals surface area (Å²) in [7, 11) is 0. The van der Waals surface area contributed by atoms with E-state index in [9.17, 15) is 9.18 Å². The van der Waals surface area contributed by atoms with Crippen molar-refractivity contribution in [2.75, 3.05) is 6.61 Å². The van der Waals surface area contributed by atoms with Crippen molar-refractivity contribution in [2.45, 2.75) is 39.2 Å². The average molecular weight is 438 g/mol. The molecule has 3 rings (SSSR count). The predicted octanol–water partition coefficient (Wildman–Crippen LogP) is 7.04. The minimum atomic E-state index is -0.472. The summed E-state index contributed by atoms with van der Waals surface area (Å²) >= 11 is 1.38. The molecule has 1 aliphatic rings. The van der Waals surface area contributed by atoms with Gasteiger partial charge in [0.2, 0.25) is 0 Å². The lowest BCUT2D eigenvalue weighted by Gasteiger charge is -2.26. The van der Waals surface area contributed by atoms with Crippen LogP contribution in [0.4, 0.5) is 4.39 Å². The Balaban J connectivity index is 1.94. The molecule has 0 radical (unpaired) electrons. The summed E-state index contributed by atoms with van der Waals surface area (Å²) in [6, 6.07) is 7.68. The molecular formula is C26H28FNO2S. The number of thiophene rings is 1. The van der Waals surface area contributed by atoms with Crippen LogP contribution in [0.25, 0.3) is 5.57 Å². The zero-order valence-corrected chi connectivity index (χ0v) is 19.1. The van der Waals surface area contributed by atoms with Crippen LogP contribution in [0.5, 0.6) is 5.75 Å². The van der Waals surface area contributed by atoms with Gasteiger partial charge in [-0.25, -0.2) is 4.39 Å². The van der Waals surface area contributed by atoms with Gasteiger partial charge in [0.05, 0.1) is 17.5 Å². The zero-order chi connectivity index (χ0) is 22.7. The van der Waals surface area contributed by atoms with Gasteiger partial charge in [-0.1, -0.05) is 51.8 Å². The molecule has 0 saturated heterocycles. The quantitative estimate of drug-likeness (QED) is 0.472. The molecule has 1 aromatic heterocycles. The summed E-state index contributed by atoms with van der Waals surface area (Å²) < 4.78 is 19.4. The van der Waals surface area contributed by atoms with E-state index in [1.165, 1.54) is 17.4 Å². The molecule has 5 heteroatoms. The van der Waals surface area contributed by atoms with Gasteiger partial charge in [-0.3, -0.25) is 4.79 Å². The summed E-state index contributed by atoms with van der Waals surface area (Å²) in [5, 5.41) is 3.19. The van der Waals surface area contributed by atoms with Crippen molar-refractivity contribution in [2.24, 2.45) is 0 Å². The lowest BCUT2D eigenvalue weighted by molar-refractivity contribution is 0.0927. The summed E-state index contributed by atoms with van der Waals surface area (Å²) in [6.07, 6.45) is 3.15. The number of nitrogens with one attached hydrogen (secondary N) is 1. The lowest BCUT2D eigenvalue weighted by Crippen LogP contribution is -2.32. The molecule has 3 nitrogen and oxygen atoms in total. The highest BCUT2D eigenvalue weighted by Crippen LogP contribution is 2.40. The standard InChI is InChI=1S/C26H28FNO2S/c1-7-19(27)14-16(4)17(5)24-18(6)23(15(2)3)25(31-24)26(29)28-21-12-13-30-22-11-9-8-10-20(21)22/h7-11,14-15,21H,1,4-5,12-13H2,2-3,6H3,(H,28,29)/b19-14+/t21-/m0/s1. The van der Waals surface area contributed by atoms with Gasteiger partial charge in [0.25, 0.3) is 5.91 Å². The Hall–Kier alpha value is -2.92. The fourth-order valence-corrected chi connectivity index (χ4v) is 5.22. The van der Waals surface area contributed by atoms with Crippen LogP contribution in [-0.2, 0) is 0 Å². The van der Waals surface area contributed by atoms with Gasteiger partial charge in [-0.15, -0.1) is 11.3 Å². The van der Waals surface area contributed by atoms with Gasteiger partial charge < -0.3 is 10.1 Å². The van der Waals surface area contributed by atoms with E-state index >= 15 is 0 Å². The zero-order valence-electron chi connectivity index (χ0n) is 18.3. The first-order valence-electron chi connectivity index (χ1n) is 10.3. The van der Waals surface area contributed by atoms with Crippen LogP contribution >= 0.6 is 11.3 Å². The smallest absolute Gasteiger partial charge is 0.262 e. The van der Waals surface area contributed by atoms with Crippen molar-refractivity contribution >= 4 is 22.8 Å². The summed E-state index contributed by atoms with van der Waals surface area (Å²) in [5.41, 5.74) is 4.03. The molecule has 0 unspecified atom stereocenters. The Morgan fingerprint density at radius 1 is 1.29 bits per heavy atom. The molecule has 2 heterocycles. The third-order valence-electron chi connectivity index (χ3n) is 5.41. The SMILES string of the molecule is C=C/C(F)=C\C(=C)C(=C)c1sc(C(=O)N[C@H]2CCOc3ccccc32)c(C(C)C)c1C. The van der Waals surface area contributed by atoms with Gasteiger partial charge in [0, 0.05) is 16.9 Å². The predicted molar refractivity (Wildman–Crippen MR) is 127 cm³/mol. The van der Waals surface area contributed by atoms with Crippen molar-refractivity contribution < 1.29 is 13.9 Å². The Morgan fingerprint density at radius 2 is 2.00 bits per heavy atom. The molecule has 0 aliphatic carbocycles. The lowest BCUT2D eigenvalue weighted by atomic mass is 9.94. The number of allylic oxidation sites excluding steroid dienone is 5. The van der Waals surface area contributed by atoms with Crippen LogP contribution in [-0.4, -0.2) is 12.5 Å². The maximum absolute atomic E-state index is 13.7. The third-order valence-corrected chi connectivity index (χ3v) is 6.78. The van der Waals surface area contributed by atoms with E-state index in [-0.39, 0.29) is 17.9 Å². The maximum atomic E-state index is 13.7. The topological polar surface area (TPSA) is 38.3 Å². The second-order valence-corrected chi connectivity index (χ2v) is 8.91. The second-order valence-electron chi connectivity index (χ2n) is 7.89. The molecule has 0 spiro atoms. The molecule has 1 aliphatic heterocycles. The van der Waals surface area contributed by atoms with Gasteiger partial charge in [-0.2, -0.15) is 0 Å². The first-order valence-corrected chi connectivity index (χ1v) is 11.1. The van der Waals surface area contributed by atoms with E-state index in [2.05, 4.69) is 38.9 Å². The van der Waals surface area contributed by atoms with Gasteiger partial charge >= 0.3 is 0 Å². The number of hydrogen-bond acceptors (Lipinski definition) is 3. The molecule has 31 heavy (non-hydrogen) atoms. The van der Waals surface area contributed by atoms with Crippen molar-refractivity contribution in [1.29, 1.82) is 0 Å². The fourth-order valence-electron chi connectivity index (χ4n) is 3.85. The van der Waals surface area contributed by atoms with E-state index in [4.69, 9.17) is 4.74 Å². The van der Waals surface area contributed by atoms with Crippen LogP contribution in [0, 0.1) is 6.92 Å². The molecule has 1 N–H and O–H groups in total. The molecule has 1 atom stereocenters. The monoisotopic (exact) mass is 437 g/mol. The number of ether oxygens (including phenoxy) is 1. The van der Waals surface area contributed by atoms with Crippen LogP contribution in [0.15, 0.2) is 67.6 Å². The normalized spacial score (nSPS) is 15.8. The van der Waals surface area contributed by atoms with Crippen molar-refractivity contribution in [3.8, 4) is 5.75 Å². The van der Waals surface area contributed by atoms with Crippen LogP contribution in [0.3, 0.4) is 0 Å². The largest absolute Gasteiger partial charge is 0.493 e. The summed E-state index contributed by atoms with van der Waals surface area (Å²) in [5.74, 6) is 0.373. The van der Waals surface area contributed by atoms with Crippen LogP contribution in [0.1, 0.15) is 63.5 Å². The molecule has 1 amide bonds. The first-order chi connectivity index (χ1) is 14.7. The number of carbonyl (C=O) groups is 1. The molecule has 1 aromatic carbocycles. The Kier molecular flexibility index (Phi) is 6.96. The summed E-state index contributed by atoms with van der Waals surface area (Å²) in [4.78, 5) is 14.9. The second kappa shape index (κ2) is 9.48. The van der Waals surface area contributed by atoms with Crippen LogP contribution < -0.4 is 10.1 Å². The number of para-hydroxylation sites is 1. The number of amides is 1. The van der Waals surface area contributed by atoms with E-state index in [1.54, 1.807) is 0 Å². The first kappa shape index (κ1) is 22.8. The molecule has 162 valence electrons. The number of fused-ring (bicyclic) bond motifs is 1. The van der Waals surface area contributed by atoms with E-state index in [0.717, 1.165) is 33.4 Å². The Morgan fingerprint density at radius 3 is 2.68 bits per heavy atom. The number of hydrogen-bond donors (Lipinski definition) is 1. The molecule has 2 aromatic rings. The van der Waals surface area contributed by atoms with Gasteiger partial charge in [-0.05, 0) is 53.3 Å². The highest BCUT2D eigenvalue weighted by molar-refractivity contribution is 7.15. The van der Waals surface area contributed by atoms with Crippen molar-refractivity contribution in [1.82, 2.24) is 5.32 Å². The minimum Gasteiger partial charge on any atom is -0.493 e. The number of carbonyl (C=O) groups excluding carboxylic acids is 1. The van der Waals surface area contributed by atoms with Gasteiger partial charge in [0.15, 0.2) is 0 Å². The van der Waals surface area contributed by atoms with E-state index in [1.807, 2.05) is 31.2 Å². The minimum absolute atomic E-state index is 0.105. The van der Waals surface area contributed by atoms with Gasteiger partial charge in [0.1, 0.15) is 11.6 Å². The average Bonchev–Trinajstić information content (AvgIpc) is 3.10. The summed E-state index contributed by atoms with van der Waals surface area (Å²) in [6.45, 7) is 18.1. The third kappa shape index (κ3) is 4.72. The molecular weight excluding hydrogens is 409 g/mol. The van der Waals surface area contributed by atoms with E-state index in [0.29, 0.717) is 29.1 Å². The number of benzene rings is 1. The van der Waals surface area contributed by atoms with Crippen LogP contribution in [0.2, 0.25) is 0 Å². The maximum Gasteiger partial charge on any atom is 0.262 e. The van der Waals surface area contributed by atoms with E-state index < -0.39 is 5.83 Å². The highest BCUT2D eigenvalue weighted by atomic mass is 32.1.